The van der Waals surface area contributed by atoms with Gasteiger partial charge in [-0.1, -0.05) is 0 Å². The first-order valence-corrected chi connectivity index (χ1v) is 0.866. The van der Waals surface area contributed by atoms with Gasteiger partial charge in [0.15, 0.2) is 0 Å². The second kappa shape index (κ2) is 26.9. The van der Waals surface area contributed by atoms with Gasteiger partial charge in [0.25, 0.3) is 0 Å². The second-order valence-corrected chi connectivity index (χ2v) is 0. The van der Waals surface area contributed by atoms with Crippen LogP contribution >= 0.6 is 0 Å². The monoisotopic (exact) mass is 157 g/mol. The van der Waals surface area contributed by atoms with E-state index in [0.29, 0.717) is 16.2 Å². The summed E-state index contributed by atoms with van der Waals surface area (Å²) in [5.74, 6) is 0. The average molecular weight is 158 g/mol. The molecule has 0 aliphatic carbocycles. The van der Waals surface area contributed by atoms with Gasteiger partial charge in [-0.05, 0) is 0 Å². The van der Waals surface area contributed by atoms with Crippen LogP contribution in [0.15, 0.2) is 0 Å². The number of hydrogen-bond donors (Lipinski definition) is 0. The van der Waals surface area contributed by atoms with Crippen molar-refractivity contribution in [3.63, 3.8) is 0 Å². The Kier molecular flexibility index (Phi) is 123. The fraction of sp³-hybridized carbons (Fsp3) is 0. The van der Waals surface area contributed by atoms with Gasteiger partial charge in [-0.3, -0.25) is 0 Å². The van der Waals surface area contributed by atoms with Crippen LogP contribution in [-0.4, -0.2) is 16.2 Å². The van der Waals surface area contributed by atoms with Crippen LogP contribution in [0.1, 0.15) is 0 Å². The zero-order valence-electron chi connectivity index (χ0n) is 1.81. The van der Waals surface area contributed by atoms with Gasteiger partial charge in [0.05, 0.1) is 0 Å². The standard InChI is InChI=1S/Al.Mn.Ni.O.H. The molecule has 0 heterocycles. The van der Waals surface area contributed by atoms with Crippen LogP contribution in [0, 0.1) is 0 Å². The van der Waals surface area contributed by atoms with E-state index in [-0.39, 0.29) is 33.6 Å². The van der Waals surface area contributed by atoms with Crippen LogP contribution < -0.4 is 0 Å². The molecule has 0 N–H and O–H groups in total. The molecule has 4 heteroatoms. The van der Waals surface area contributed by atoms with E-state index in [9.17, 15) is 0 Å². The first-order chi connectivity index (χ1) is 1.00. The van der Waals surface area contributed by atoms with Crippen LogP contribution in [0.4, 0.5) is 0 Å². The molecule has 0 saturated carbocycles. The predicted octanol–water partition coefficient (Wildman–Crippen LogP) is -0.772. The van der Waals surface area contributed by atoms with Gasteiger partial charge >= 0.3 is 20.0 Å². The molecule has 0 amide bonds. The van der Waals surface area contributed by atoms with Gasteiger partial charge in [-0.15, -0.1) is 0 Å². The Bertz CT molecular complexity index is 8.00. The van der Waals surface area contributed by atoms with Gasteiger partial charge in [0.1, 0.15) is 0 Å². The predicted molar refractivity (Wildman–Crippen MR) is 7.84 cm³/mol. The molecular formula is HAlMnNiO. The molecular weight excluding hydrogens is 157 g/mol. The maximum absolute atomic E-state index is 8.28. The molecule has 0 bridgehead atoms. The molecule has 4 heavy (non-hydrogen) atoms. The molecule has 1 radical (unpaired) electrons. The van der Waals surface area contributed by atoms with Crippen molar-refractivity contribution in [3.8, 4) is 0 Å². The minimum atomic E-state index is 0. The zero-order valence-corrected chi connectivity index (χ0v) is 5.39. The average Bonchev–Trinajstić information content (AvgIpc) is 1.00. The first-order valence-electron chi connectivity index (χ1n) is 0.289. The molecule has 27 valence electrons. The summed E-state index contributed by atoms with van der Waals surface area (Å²) < 4.78 is 8.28. The summed E-state index contributed by atoms with van der Waals surface area (Å²) in [5, 5.41) is 0. The molecule has 0 saturated heterocycles. The topological polar surface area (TPSA) is 17.1 Å². The van der Waals surface area contributed by atoms with E-state index in [1.165, 1.54) is 0 Å². The van der Waals surface area contributed by atoms with E-state index in [0.717, 1.165) is 0 Å². The molecule has 0 unspecified atom stereocenters. The molecule has 0 atom stereocenters. The Balaban J connectivity index is -0.00000000500. The third kappa shape index (κ3) is 10.2. The van der Waals surface area contributed by atoms with Gasteiger partial charge in [-0.25, -0.2) is 0 Å². The molecule has 1 nitrogen and oxygen atoms in total. The fourth-order valence-electron chi connectivity index (χ4n) is 0. The molecule has 0 aromatic heterocycles. The first kappa shape index (κ1) is 18.3. The van der Waals surface area contributed by atoms with Gasteiger partial charge in [-0.2, -0.15) is 0 Å². The summed E-state index contributed by atoms with van der Waals surface area (Å²) in [6.45, 7) is 0. The van der Waals surface area contributed by atoms with Crippen molar-refractivity contribution in [3.05, 3.63) is 0 Å². The van der Waals surface area contributed by atoms with E-state index >= 15 is 0 Å². The third-order valence-corrected chi connectivity index (χ3v) is 0. The van der Waals surface area contributed by atoms with Crippen molar-refractivity contribution in [1.82, 2.24) is 0 Å². The Morgan fingerprint density at radius 2 is 1.25 bits per heavy atom. The Labute approximate surface area is 53.6 Å². The Morgan fingerprint density at radius 1 is 1.25 bits per heavy atom. The van der Waals surface area contributed by atoms with Crippen molar-refractivity contribution >= 4 is 16.2 Å². The van der Waals surface area contributed by atoms with Gasteiger partial charge in [0, 0.05) is 33.6 Å². The molecule has 0 fully saturated rings. The van der Waals surface area contributed by atoms with Crippen LogP contribution in [0.25, 0.3) is 0 Å². The number of rotatable bonds is 0. The van der Waals surface area contributed by atoms with Crippen molar-refractivity contribution < 1.29 is 37.4 Å². The molecule has 0 rings (SSSR count). The van der Waals surface area contributed by atoms with Gasteiger partial charge in [0.2, 0.25) is 0 Å². The van der Waals surface area contributed by atoms with E-state index in [2.05, 4.69) is 0 Å². The summed E-state index contributed by atoms with van der Waals surface area (Å²) in [6.07, 6.45) is 0. The summed E-state index contributed by atoms with van der Waals surface area (Å²) in [4.78, 5) is 0. The van der Waals surface area contributed by atoms with Crippen molar-refractivity contribution in [2.24, 2.45) is 0 Å². The minimum absolute atomic E-state index is 0. The quantitative estimate of drug-likeness (QED) is 0.422. The van der Waals surface area contributed by atoms with Crippen LogP contribution in [-0.2, 0) is 37.4 Å². The normalized spacial score (nSPS) is 0.750. The summed E-state index contributed by atoms with van der Waals surface area (Å²) in [7, 11) is 0. The maximum atomic E-state index is 8.28. The SMILES string of the molecule is [Mn].[Ni].[O]=[AlH]. The van der Waals surface area contributed by atoms with E-state index in [4.69, 9.17) is 3.80 Å². The summed E-state index contributed by atoms with van der Waals surface area (Å²) in [5.41, 5.74) is 0. The van der Waals surface area contributed by atoms with Crippen LogP contribution in [0.5, 0.6) is 0 Å². The van der Waals surface area contributed by atoms with E-state index in [1.54, 1.807) is 0 Å². The summed E-state index contributed by atoms with van der Waals surface area (Å²) >= 11 is 0.611. The van der Waals surface area contributed by atoms with Crippen LogP contribution in [0.3, 0.4) is 0 Å². The molecule has 0 aromatic carbocycles. The molecule has 0 aromatic rings. The second-order valence-electron chi connectivity index (χ2n) is 0. The number of hydrogen-bond acceptors (Lipinski definition) is 1. The van der Waals surface area contributed by atoms with Crippen molar-refractivity contribution in [2.45, 2.75) is 0 Å². The van der Waals surface area contributed by atoms with Crippen LogP contribution in [0.2, 0.25) is 0 Å². The molecule has 0 aliphatic rings. The summed E-state index contributed by atoms with van der Waals surface area (Å²) in [6, 6.07) is 0. The Hall–Kier alpha value is 1.35. The van der Waals surface area contributed by atoms with Crippen molar-refractivity contribution in [2.75, 3.05) is 0 Å². The van der Waals surface area contributed by atoms with E-state index in [1.807, 2.05) is 0 Å². The third-order valence-electron chi connectivity index (χ3n) is 0. The fourth-order valence-corrected chi connectivity index (χ4v) is 0. The Morgan fingerprint density at radius 3 is 1.25 bits per heavy atom. The molecule has 0 spiro atoms. The van der Waals surface area contributed by atoms with E-state index < -0.39 is 0 Å². The van der Waals surface area contributed by atoms with Crippen molar-refractivity contribution in [1.29, 1.82) is 0 Å². The van der Waals surface area contributed by atoms with Gasteiger partial charge < -0.3 is 0 Å². The molecule has 0 aliphatic heterocycles. The zero-order chi connectivity index (χ0) is 2.00.